The van der Waals surface area contributed by atoms with Gasteiger partial charge in [0.15, 0.2) is 0 Å². The van der Waals surface area contributed by atoms with Gasteiger partial charge in [0, 0.05) is 5.92 Å². The Morgan fingerprint density at radius 1 is 1.54 bits per heavy atom. The Bertz CT molecular complexity index is 276. The van der Waals surface area contributed by atoms with Crippen molar-refractivity contribution in [2.24, 2.45) is 11.8 Å². The fraction of sp³-hybridized carbons (Fsp3) is 0.545. The quantitative estimate of drug-likeness (QED) is 0.372. The van der Waals surface area contributed by atoms with Crippen molar-refractivity contribution in [1.29, 1.82) is 0 Å². The molecule has 0 N–H and O–H groups in total. The van der Waals surface area contributed by atoms with Crippen molar-refractivity contribution in [3.63, 3.8) is 0 Å². The van der Waals surface area contributed by atoms with Gasteiger partial charge in [0.1, 0.15) is 12.9 Å². The molecule has 2 nitrogen and oxygen atoms in total. The first-order valence-corrected chi connectivity index (χ1v) is 4.72. The average Bonchev–Trinajstić information content (AvgIpc) is 2.69. The maximum absolute atomic E-state index is 10.1. The van der Waals surface area contributed by atoms with E-state index < -0.39 is 0 Å². The first-order chi connectivity index (χ1) is 6.33. The Kier molecular flexibility index (Phi) is 2.32. The van der Waals surface area contributed by atoms with Crippen LogP contribution < -0.4 is 0 Å². The van der Waals surface area contributed by atoms with Gasteiger partial charge in [-0.2, -0.15) is 0 Å². The van der Waals surface area contributed by atoms with E-state index in [4.69, 9.17) is 4.74 Å². The van der Waals surface area contributed by atoms with Crippen molar-refractivity contribution in [2.75, 3.05) is 13.2 Å². The molecule has 0 saturated heterocycles. The van der Waals surface area contributed by atoms with Gasteiger partial charge in [-0.3, -0.25) is 0 Å². The fourth-order valence-electron chi connectivity index (χ4n) is 2.25. The van der Waals surface area contributed by atoms with E-state index in [9.17, 15) is 4.79 Å². The van der Waals surface area contributed by atoms with Crippen molar-refractivity contribution in [1.82, 2.24) is 0 Å². The molecule has 0 unspecified atom stereocenters. The zero-order valence-corrected chi connectivity index (χ0v) is 7.82. The van der Waals surface area contributed by atoms with E-state index in [1.165, 1.54) is 17.6 Å². The number of rotatable bonds is 4. The lowest BCUT2D eigenvalue weighted by Crippen LogP contribution is -2.06. The standard InChI is InChI=1S/C11H14O2/c1-8-9-2-3-10(6-9)11(8)7-13-5-4-12/h2-4,9-10H,5-7H2,1H3/t9-,10+/m0/s1. The number of hydrogen-bond donors (Lipinski definition) is 0. The maximum atomic E-state index is 10.1. The van der Waals surface area contributed by atoms with Crippen molar-refractivity contribution in [3.05, 3.63) is 23.3 Å². The van der Waals surface area contributed by atoms with Gasteiger partial charge < -0.3 is 9.53 Å². The first-order valence-electron chi connectivity index (χ1n) is 4.72. The van der Waals surface area contributed by atoms with Crippen LogP contribution in [-0.4, -0.2) is 19.5 Å². The molecule has 2 atom stereocenters. The molecule has 0 amide bonds. The van der Waals surface area contributed by atoms with Crippen LogP contribution in [0.5, 0.6) is 0 Å². The third-order valence-electron chi connectivity index (χ3n) is 3.04. The number of carbonyl (C=O) groups is 1. The number of ether oxygens (including phenoxy) is 1. The minimum Gasteiger partial charge on any atom is -0.370 e. The van der Waals surface area contributed by atoms with Gasteiger partial charge in [0.25, 0.3) is 0 Å². The highest BCUT2D eigenvalue weighted by atomic mass is 16.5. The molecule has 0 radical (unpaired) electrons. The Hall–Kier alpha value is -0.890. The van der Waals surface area contributed by atoms with Crippen LogP contribution in [0.1, 0.15) is 13.3 Å². The summed E-state index contributed by atoms with van der Waals surface area (Å²) in [4.78, 5) is 10.1. The van der Waals surface area contributed by atoms with Gasteiger partial charge >= 0.3 is 0 Å². The molecule has 0 saturated carbocycles. The van der Waals surface area contributed by atoms with Crippen molar-refractivity contribution in [3.8, 4) is 0 Å². The van der Waals surface area contributed by atoms with E-state index >= 15 is 0 Å². The molecular formula is C11H14O2. The van der Waals surface area contributed by atoms with Gasteiger partial charge in [-0.1, -0.05) is 17.7 Å². The smallest absolute Gasteiger partial charge is 0.145 e. The predicted octanol–water partition coefficient (Wildman–Crippen LogP) is 1.72. The lowest BCUT2D eigenvalue weighted by molar-refractivity contribution is -0.111. The summed E-state index contributed by atoms with van der Waals surface area (Å²) in [5.41, 5.74) is 2.85. The third-order valence-corrected chi connectivity index (χ3v) is 3.04. The van der Waals surface area contributed by atoms with Gasteiger partial charge in [-0.15, -0.1) is 0 Å². The highest BCUT2D eigenvalue weighted by molar-refractivity contribution is 5.50. The third kappa shape index (κ3) is 1.46. The number of allylic oxidation sites excluding steroid dienone is 3. The van der Waals surface area contributed by atoms with Gasteiger partial charge in [0.2, 0.25) is 0 Å². The monoisotopic (exact) mass is 178 g/mol. The summed E-state index contributed by atoms with van der Waals surface area (Å²) in [6.07, 6.45) is 6.57. The highest BCUT2D eigenvalue weighted by Crippen LogP contribution is 2.43. The SMILES string of the molecule is CC1=C(COCC=O)[C@@H]2C=C[C@H]1C2. The van der Waals surface area contributed by atoms with E-state index in [0.717, 1.165) is 6.29 Å². The van der Waals surface area contributed by atoms with Crippen molar-refractivity contribution < 1.29 is 9.53 Å². The van der Waals surface area contributed by atoms with E-state index in [1.807, 2.05) is 0 Å². The second-order valence-corrected chi connectivity index (χ2v) is 3.72. The van der Waals surface area contributed by atoms with Crippen molar-refractivity contribution >= 4 is 6.29 Å². The van der Waals surface area contributed by atoms with E-state index in [-0.39, 0.29) is 6.61 Å². The number of hydrogen-bond acceptors (Lipinski definition) is 2. The summed E-state index contributed by atoms with van der Waals surface area (Å²) in [6, 6.07) is 0. The molecule has 70 valence electrons. The molecular weight excluding hydrogens is 164 g/mol. The van der Waals surface area contributed by atoms with Crippen LogP contribution in [-0.2, 0) is 9.53 Å². The minimum atomic E-state index is 0.220. The van der Waals surface area contributed by atoms with Crippen LogP contribution in [0.15, 0.2) is 23.3 Å². The molecule has 0 fully saturated rings. The second-order valence-electron chi connectivity index (χ2n) is 3.72. The molecule has 2 aliphatic rings. The Morgan fingerprint density at radius 2 is 2.31 bits per heavy atom. The van der Waals surface area contributed by atoms with Crippen molar-refractivity contribution in [2.45, 2.75) is 13.3 Å². The average molecular weight is 178 g/mol. The zero-order valence-electron chi connectivity index (χ0n) is 7.82. The molecule has 0 aromatic heterocycles. The second kappa shape index (κ2) is 3.46. The highest BCUT2D eigenvalue weighted by Gasteiger charge is 2.32. The molecule has 0 aromatic carbocycles. The van der Waals surface area contributed by atoms with Gasteiger partial charge in [0.05, 0.1) is 6.61 Å². The van der Waals surface area contributed by atoms with Crippen LogP contribution >= 0.6 is 0 Å². The van der Waals surface area contributed by atoms with Crippen LogP contribution in [0.25, 0.3) is 0 Å². The molecule has 0 aliphatic heterocycles. The predicted molar refractivity (Wildman–Crippen MR) is 50.3 cm³/mol. The summed E-state index contributed by atoms with van der Waals surface area (Å²) in [5, 5.41) is 0. The van der Waals surface area contributed by atoms with E-state index in [1.54, 1.807) is 0 Å². The van der Waals surface area contributed by atoms with Crippen LogP contribution in [0, 0.1) is 11.8 Å². The zero-order chi connectivity index (χ0) is 9.26. The van der Waals surface area contributed by atoms with E-state index in [2.05, 4.69) is 19.1 Å². The van der Waals surface area contributed by atoms with Crippen LogP contribution in [0.3, 0.4) is 0 Å². The summed E-state index contributed by atoms with van der Waals surface area (Å²) in [7, 11) is 0. The number of carbonyl (C=O) groups excluding carboxylic acids is 1. The maximum Gasteiger partial charge on any atom is 0.145 e. The number of fused-ring (bicyclic) bond motifs is 2. The summed E-state index contributed by atoms with van der Waals surface area (Å²) < 4.78 is 5.23. The largest absolute Gasteiger partial charge is 0.370 e. The molecule has 0 aromatic rings. The van der Waals surface area contributed by atoms with E-state index in [0.29, 0.717) is 18.4 Å². The molecule has 2 heteroatoms. The molecule has 2 bridgehead atoms. The minimum absolute atomic E-state index is 0.220. The normalized spacial score (nSPS) is 30.2. The van der Waals surface area contributed by atoms with Crippen LogP contribution in [0.4, 0.5) is 0 Å². The topological polar surface area (TPSA) is 26.3 Å². The fourth-order valence-corrected chi connectivity index (χ4v) is 2.25. The molecule has 13 heavy (non-hydrogen) atoms. The Balaban J connectivity index is 1.96. The summed E-state index contributed by atoms with van der Waals surface area (Å²) in [5.74, 6) is 1.25. The Labute approximate surface area is 78.3 Å². The molecule has 2 aliphatic carbocycles. The Morgan fingerprint density at radius 3 is 2.92 bits per heavy atom. The molecule has 0 heterocycles. The van der Waals surface area contributed by atoms with Crippen LogP contribution in [0.2, 0.25) is 0 Å². The lowest BCUT2D eigenvalue weighted by Gasteiger charge is -2.12. The molecule has 2 rings (SSSR count). The first kappa shape index (κ1) is 8.70. The number of aldehydes is 1. The molecule has 0 spiro atoms. The summed E-state index contributed by atoms with van der Waals surface area (Å²) >= 11 is 0. The summed E-state index contributed by atoms with van der Waals surface area (Å²) in [6.45, 7) is 3.03. The van der Waals surface area contributed by atoms with Gasteiger partial charge in [-0.05, 0) is 24.8 Å². The lowest BCUT2D eigenvalue weighted by atomic mass is 9.99. The van der Waals surface area contributed by atoms with Gasteiger partial charge in [-0.25, -0.2) is 0 Å².